The van der Waals surface area contributed by atoms with E-state index in [9.17, 15) is 13.2 Å². The summed E-state index contributed by atoms with van der Waals surface area (Å²) < 4.78 is 25.2. The molecule has 1 amide bonds. The van der Waals surface area contributed by atoms with E-state index in [1.807, 2.05) is 43.3 Å². The van der Waals surface area contributed by atoms with Crippen molar-refractivity contribution in [1.29, 1.82) is 5.26 Å². The summed E-state index contributed by atoms with van der Waals surface area (Å²) in [7, 11) is -3.68. The van der Waals surface area contributed by atoms with E-state index in [4.69, 9.17) is 5.26 Å². The van der Waals surface area contributed by atoms with Crippen molar-refractivity contribution in [3.63, 3.8) is 0 Å². The van der Waals surface area contributed by atoms with Gasteiger partial charge in [0.1, 0.15) is 6.54 Å². The molecule has 7 heteroatoms. The highest BCUT2D eigenvalue weighted by Gasteiger charge is 2.22. The number of anilines is 1. The quantitative estimate of drug-likeness (QED) is 0.858. The highest BCUT2D eigenvalue weighted by molar-refractivity contribution is 7.92. The predicted octanol–water partition coefficient (Wildman–Crippen LogP) is 2.20. The third-order valence-corrected chi connectivity index (χ3v) is 4.77. The van der Waals surface area contributed by atoms with E-state index in [0.717, 1.165) is 16.1 Å². The van der Waals surface area contributed by atoms with Gasteiger partial charge in [-0.15, -0.1) is 0 Å². The fourth-order valence-corrected chi connectivity index (χ4v) is 3.22. The molecule has 0 aliphatic rings. The summed E-state index contributed by atoms with van der Waals surface area (Å²) in [6.45, 7) is 1.47. The average molecular weight is 357 g/mol. The van der Waals surface area contributed by atoms with Gasteiger partial charge in [0.25, 0.3) is 0 Å². The monoisotopic (exact) mass is 357 g/mol. The molecule has 0 aromatic heterocycles. The third kappa shape index (κ3) is 5.06. The largest absolute Gasteiger partial charge is 0.348 e. The van der Waals surface area contributed by atoms with Gasteiger partial charge in [0.2, 0.25) is 15.9 Å². The van der Waals surface area contributed by atoms with Gasteiger partial charge in [-0.05, 0) is 30.7 Å². The summed E-state index contributed by atoms with van der Waals surface area (Å²) in [6.07, 6.45) is 1.03. The number of hydrogen-bond donors (Lipinski definition) is 1. The Morgan fingerprint density at radius 2 is 1.88 bits per heavy atom. The second-order valence-electron chi connectivity index (χ2n) is 5.63. The fraction of sp³-hybridized carbons (Fsp3) is 0.222. The summed E-state index contributed by atoms with van der Waals surface area (Å²) in [4.78, 5) is 12.3. The summed E-state index contributed by atoms with van der Waals surface area (Å²) in [5, 5.41) is 11.8. The van der Waals surface area contributed by atoms with Gasteiger partial charge >= 0.3 is 0 Å². The Balaban J connectivity index is 2.17. The first kappa shape index (κ1) is 18.5. The van der Waals surface area contributed by atoms with Gasteiger partial charge in [0, 0.05) is 0 Å². The normalized spacial score (nSPS) is 12.0. The zero-order valence-corrected chi connectivity index (χ0v) is 14.8. The minimum atomic E-state index is -3.68. The zero-order valence-electron chi connectivity index (χ0n) is 14.0. The molecule has 0 unspecified atom stereocenters. The van der Waals surface area contributed by atoms with Crippen LogP contribution in [0.4, 0.5) is 5.69 Å². The highest BCUT2D eigenvalue weighted by atomic mass is 32.2. The Morgan fingerprint density at radius 1 is 1.20 bits per heavy atom. The Hall–Kier alpha value is -2.85. The minimum Gasteiger partial charge on any atom is -0.348 e. The van der Waals surface area contributed by atoms with Gasteiger partial charge in [-0.3, -0.25) is 9.10 Å². The van der Waals surface area contributed by atoms with Crippen LogP contribution in [0.3, 0.4) is 0 Å². The SMILES string of the molecule is C[C@@H](NC(=O)CN(c1cccc(C#N)c1)S(C)(=O)=O)c1ccccc1. The van der Waals surface area contributed by atoms with Crippen molar-refractivity contribution in [3.05, 3.63) is 65.7 Å². The number of amides is 1. The maximum absolute atomic E-state index is 12.3. The predicted molar refractivity (Wildman–Crippen MR) is 96.3 cm³/mol. The first-order valence-corrected chi connectivity index (χ1v) is 9.48. The maximum Gasteiger partial charge on any atom is 0.241 e. The molecule has 1 N–H and O–H groups in total. The molecule has 1 atom stereocenters. The van der Waals surface area contributed by atoms with Crippen molar-refractivity contribution in [2.24, 2.45) is 0 Å². The van der Waals surface area contributed by atoms with Gasteiger partial charge in [-0.1, -0.05) is 36.4 Å². The summed E-state index contributed by atoms with van der Waals surface area (Å²) >= 11 is 0. The van der Waals surface area contributed by atoms with E-state index in [1.165, 1.54) is 6.07 Å². The molecule has 0 fully saturated rings. The Kier molecular flexibility index (Phi) is 5.78. The standard InChI is InChI=1S/C18H19N3O3S/c1-14(16-8-4-3-5-9-16)20-18(22)13-21(25(2,23)24)17-10-6-7-15(11-17)12-19/h3-11,14H,13H2,1-2H3,(H,20,22)/t14-/m1/s1. The molecule has 0 radical (unpaired) electrons. The van der Waals surface area contributed by atoms with Crippen LogP contribution in [0.25, 0.3) is 0 Å². The molecule has 25 heavy (non-hydrogen) atoms. The molecule has 2 aromatic carbocycles. The fourth-order valence-electron chi connectivity index (χ4n) is 2.37. The summed E-state index contributed by atoms with van der Waals surface area (Å²) in [6, 6.07) is 17.2. The van der Waals surface area contributed by atoms with Crippen LogP contribution in [-0.4, -0.2) is 27.1 Å². The van der Waals surface area contributed by atoms with Crippen LogP contribution < -0.4 is 9.62 Å². The lowest BCUT2D eigenvalue weighted by Crippen LogP contribution is -2.41. The summed E-state index contributed by atoms with van der Waals surface area (Å²) in [5.74, 6) is -0.427. The molecular formula is C18H19N3O3S. The van der Waals surface area contributed by atoms with Crippen LogP contribution in [0.5, 0.6) is 0 Å². The number of sulfonamides is 1. The number of nitrogens with zero attached hydrogens (tertiary/aromatic N) is 2. The molecule has 0 heterocycles. The second-order valence-corrected chi connectivity index (χ2v) is 7.54. The number of nitrogens with one attached hydrogen (secondary N) is 1. The Bertz CT molecular complexity index is 889. The molecule has 2 rings (SSSR count). The molecule has 0 aliphatic carbocycles. The van der Waals surface area contributed by atoms with Crippen LogP contribution in [0, 0.1) is 11.3 Å². The first-order valence-electron chi connectivity index (χ1n) is 7.63. The molecule has 2 aromatic rings. The van der Waals surface area contributed by atoms with Crippen LogP contribution in [0.2, 0.25) is 0 Å². The topological polar surface area (TPSA) is 90.3 Å². The van der Waals surface area contributed by atoms with Gasteiger partial charge < -0.3 is 5.32 Å². The lowest BCUT2D eigenvalue weighted by atomic mass is 10.1. The van der Waals surface area contributed by atoms with Crippen molar-refractivity contribution in [1.82, 2.24) is 5.32 Å². The van der Waals surface area contributed by atoms with E-state index in [1.54, 1.807) is 18.2 Å². The lowest BCUT2D eigenvalue weighted by Gasteiger charge is -2.23. The minimum absolute atomic E-state index is 0.249. The van der Waals surface area contributed by atoms with E-state index in [2.05, 4.69) is 5.32 Å². The smallest absolute Gasteiger partial charge is 0.241 e. The van der Waals surface area contributed by atoms with E-state index in [-0.39, 0.29) is 18.3 Å². The van der Waals surface area contributed by atoms with Crippen molar-refractivity contribution in [3.8, 4) is 6.07 Å². The first-order chi connectivity index (χ1) is 11.8. The number of carbonyl (C=O) groups excluding carboxylic acids is 1. The second kappa shape index (κ2) is 7.81. The van der Waals surface area contributed by atoms with Gasteiger partial charge in [-0.25, -0.2) is 8.42 Å². The van der Waals surface area contributed by atoms with Crippen LogP contribution in [-0.2, 0) is 14.8 Å². The van der Waals surface area contributed by atoms with Crippen LogP contribution >= 0.6 is 0 Å². The van der Waals surface area contributed by atoms with Crippen molar-refractivity contribution < 1.29 is 13.2 Å². The number of carbonyl (C=O) groups is 1. The number of hydrogen-bond acceptors (Lipinski definition) is 4. The molecule has 0 saturated heterocycles. The lowest BCUT2D eigenvalue weighted by molar-refractivity contribution is -0.120. The van der Waals surface area contributed by atoms with E-state index >= 15 is 0 Å². The number of nitriles is 1. The van der Waals surface area contributed by atoms with Gasteiger partial charge in [0.05, 0.1) is 29.6 Å². The van der Waals surface area contributed by atoms with E-state index < -0.39 is 15.9 Å². The molecule has 130 valence electrons. The van der Waals surface area contributed by atoms with Crippen LogP contribution in [0.1, 0.15) is 24.1 Å². The summed E-state index contributed by atoms with van der Waals surface area (Å²) in [5.41, 5.74) is 1.53. The maximum atomic E-state index is 12.3. The van der Waals surface area contributed by atoms with Crippen molar-refractivity contribution >= 4 is 21.6 Å². The number of rotatable bonds is 6. The average Bonchev–Trinajstić information content (AvgIpc) is 2.59. The zero-order chi connectivity index (χ0) is 18.4. The van der Waals surface area contributed by atoms with Crippen LogP contribution in [0.15, 0.2) is 54.6 Å². The van der Waals surface area contributed by atoms with Gasteiger partial charge in [-0.2, -0.15) is 5.26 Å². The van der Waals surface area contributed by atoms with Crippen molar-refractivity contribution in [2.45, 2.75) is 13.0 Å². The molecule has 0 saturated carbocycles. The molecule has 0 bridgehead atoms. The van der Waals surface area contributed by atoms with Gasteiger partial charge in [0.15, 0.2) is 0 Å². The Labute approximate surface area is 147 Å². The molecular weight excluding hydrogens is 338 g/mol. The Morgan fingerprint density at radius 3 is 2.48 bits per heavy atom. The molecule has 6 nitrogen and oxygen atoms in total. The third-order valence-electron chi connectivity index (χ3n) is 3.63. The van der Waals surface area contributed by atoms with E-state index in [0.29, 0.717) is 5.56 Å². The van der Waals surface area contributed by atoms with Crippen molar-refractivity contribution in [2.75, 3.05) is 17.1 Å². The molecule has 0 spiro atoms. The highest BCUT2D eigenvalue weighted by Crippen LogP contribution is 2.19. The molecule has 0 aliphatic heterocycles. The number of benzene rings is 2.